The smallest absolute Gasteiger partial charge is 0.336 e. The molecule has 1 aliphatic rings. The van der Waals surface area contributed by atoms with Gasteiger partial charge in [-0.1, -0.05) is 24.3 Å². The fraction of sp³-hybridized carbons (Fsp3) is 0.231. The van der Waals surface area contributed by atoms with Gasteiger partial charge < -0.3 is 19.6 Å². The van der Waals surface area contributed by atoms with Gasteiger partial charge in [0.05, 0.1) is 18.3 Å². The summed E-state index contributed by atoms with van der Waals surface area (Å²) in [7, 11) is 0. The summed E-state index contributed by atoms with van der Waals surface area (Å²) in [5, 5.41) is 15.6. The molecule has 0 aliphatic heterocycles. The van der Waals surface area contributed by atoms with Gasteiger partial charge in [0, 0.05) is 5.56 Å². The van der Waals surface area contributed by atoms with Crippen molar-refractivity contribution in [2.24, 2.45) is 5.10 Å². The molecule has 1 heterocycles. The molecule has 0 saturated heterocycles. The highest BCUT2D eigenvalue weighted by Crippen LogP contribution is 2.26. The van der Waals surface area contributed by atoms with Gasteiger partial charge >= 0.3 is 5.97 Å². The number of carbonyl (C=O) groups excluding carboxylic acids is 2. The van der Waals surface area contributed by atoms with Gasteiger partial charge in [-0.15, -0.1) is 0 Å². The van der Waals surface area contributed by atoms with Crippen molar-refractivity contribution in [3.63, 3.8) is 0 Å². The van der Waals surface area contributed by atoms with Gasteiger partial charge in [0.1, 0.15) is 17.3 Å². The summed E-state index contributed by atoms with van der Waals surface area (Å²) in [6.45, 7) is -0.457. The molecule has 0 bridgehead atoms. The van der Waals surface area contributed by atoms with Crippen LogP contribution >= 0.6 is 0 Å². The standard InChI is InChI=1S/C26H25N3O6/c30-24(15-27-25(31)16-34-19-10-9-17-5-1-2-6-18(17)13-19)29-28-14-20-11-12-23(35-20)21-7-3-4-8-22(21)26(32)33/h3-4,7-14H,1-2,5-6,15-16H2,(H,27,31)(H,29,30)(H,32,33)/b28-14-. The molecule has 35 heavy (non-hydrogen) atoms. The van der Waals surface area contributed by atoms with E-state index in [0.717, 1.165) is 19.3 Å². The number of ether oxygens (including phenoxy) is 1. The third-order valence-corrected chi connectivity index (χ3v) is 5.57. The van der Waals surface area contributed by atoms with Crippen LogP contribution in [-0.2, 0) is 22.4 Å². The molecule has 0 spiro atoms. The Hall–Kier alpha value is -4.40. The van der Waals surface area contributed by atoms with Crippen molar-refractivity contribution in [1.29, 1.82) is 0 Å². The molecule has 3 N–H and O–H groups in total. The number of carboxylic acid groups (broad SMARTS) is 1. The Balaban J connectivity index is 1.21. The van der Waals surface area contributed by atoms with Crippen molar-refractivity contribution in [3.05, 3.63) is 77.0 Å². The first-order chi connectivity index (χ1) is 17.0. The molecular weight excluding hydrogens is 450 g/mol. The summed E-state index contributed by atoms with van der Waals surface area (Å²) in [5.74, 6) is -0.681. The van der Waals surface area contributed by atoms with Crippen molar-refractivity contribution >= 4 is 24.0 Å². The highest BCUT2D eigenvalue weighted by molar-refractivity contribution is 5.95. The number of hydrogen-bond acceptors (Lipinski definition) is 6. The highest BCUT2D eigenvalue weighted by Gasteiger charge is 2.14. The van der Waals surface area contributed by atoms with Crippen LogP contribution in [0.4, 0.5) is 0 Å². The number of aryl methyl sites for hydroxylation is 2. The van der Waals surface area contributed by atoms with E-state index in [0.29, 0.717) is 22.8 Å². The Morgan fingerprint density at radius 3 is 2.63 bits per heavy atom. The van der Waals surface area contributed by atoms with E-state index in [2.05, 4.69) is 15.8 Å². The first kappa shape index (κ1) is 23.7. The number of furan rings is 1. The molecule has 1 aliphatic carbocycles. The van der Waals surface area contributed by atoms with Gasteiger partial charge in [-0.05, 0) is 67.1 Å². The monoisotopic (exact) mass is 475 g/mol. The van der Waals surface area contributed by atoms with E-state index in [4.69, 9.17) is 9.15 Å². The van der Waals surface area contributed by atoms with Crippen LogP contribution in [-0.4, -0.2) is 42.3 Å². The summed E-state index contributed by atoms with van der Waals surface area (Å²) < 4.78 is 11.1. The minimum Gasteiger partial charge on any atom is -0.484 e. The molecule has 0 atom stereocenters. The molecule has 9 nitrogen and oxygen atoms in total. The van der Waals surface area contributed by atoms with Crippen molar-refractivity contribution in [2.45, 2.75) is 25.7 Å². The zero-order valence-corrected chi connectivity index (χ0v) is 19.0. The molecule has 0 fully saturated rings. The van der Waals surface area contributed by atoms with Crippen LogP contribution in [0.25, 0.3) is 11.3 Å². The van der Waals surface area contributed by atoms with E-state index in [1.54, 1.807) is 30.3 Å². The van der Waals surface area contributed by atoms with E-state index in [9.17, 15) is 19.5 Å². The maximum Gasteiger partial charge on any atom is 0.336 e. The number of rotatable bonds is 9. The fourth-order valence-electron chi connectivity index (χ4n) is 3.84. The van der Waals surface area contributed by atoms with Crippen LogP contribution in [0, 0.1) is 0 Å². The minimum atomic E-state index is -1.06. The number of fused-ring (bicyclic) bond motifs is 1. The predicted octanol–water partition coefficient (Wildman–Crippen LogP) is 3.17. The third kappa shape index (κ3) is 6.35. The van der Waals surface area contributed by atoms with Gasteiger partial charge in [0.2, 0.25) is 0 Å². The Morgan fingerprint density at radius 1 is 1.00 bits per heavy atom. The van der Waals surface area contributed by atoms with Gasteiger partial charge in [-0.3, -0.25) is 9.59 Å². The number of carbonyl (C=O) groups is 3. The summed E-state index contributed by atoms with van der Waals surface area (Å²) in [6.07, 6.45) is 5.74. The van der Waals surface area contributed by atoms with Crippen molar-refractivity contribution < 1.29 is 28.6 Å². The lowest BCUT2D eigenvalue weighted by atomic mass is 9.92. The number of nitrogens with one attached hydrogen (secondary N) is 2. The molecule has 180 valence electrons. The first-order valence-corrected chi connectivity index (χ1v) is 11.3. The SMILES string of the molecule is O=C(COc1ccc2c(c1)CCCC2)NCC(=O)N/N=C\c1ccc(-c2ccccc2C(=O)O)o1. The molecule has 1 aromatic heterocycles. The zero-order chi connectivity index (χ0) is 24.6. The number of hydrazone groups is 1. The van der Waals surface area contributed by atoms with Crippen molar-refractivity contribution in [2.75, 3.05) is 13.2 Å². The summed E-state index contributed by atoms with van der Waals surface area (Å²) in [4.78, 5) is 35.3. The van der Waals surface area contributed by atoms with Gasteiger partial charge in [0.25, 0.3) is 11.8 Å². The average Bonchev–Trinajstić information content (AvgIpc) is 3.35. The van der Waals surface area contributed by atoms with Gasteiger partial charge in [0.15, 0.2) is 6.61 Å². The molecule has 0 unspecified atom stereocenters. The van der Waals surface area contributed by atoms with Crippen LogP contribution in [0.5, 0.6) is 5.75 Å². The van der Waals surface area contributed by atoms with E-state index in [-0.39, 0.29) is 18.7 Å². The number of benzene rings is 2. The predicted molar refractivity (Wildman–Crippen MR) is 128 cm³/mol. The Bertz CT molecular complexity index is 1260. The summed E-state index contributed by atoms with van der Waals surface area (Å²) in [5.41, 5.74) is 5.44. The summed E-state index contributed by atoms with van der Waals surface area (Å²) in [6, 6.07) is 15.6. The number of amides is 2. The molecule has 2 amide bonds. The van der Waals surface area contributed by atoms with Crippen LogP contribution in [0.1, 0.15) is 40.1 Å². The molecule has 0 saturated carbocycles. The van der Waals surface area contributed by atoms with E-state index in [1.807, 2.05) is 18.2 Å². The lowest BCUT2D eigenvalue weighted by Gasteiger charge is -2.16. The maximum atomic E-state index is 12.0. The van der Waals surface area contributed by atoms with Gasteiger partial charge in [-0.2, -0.15) is 5.10 Å². The van der Waals surface area contributed by atoms with Crippen LogP contribution in [0.3, 0.4) is 0 Å². The topological polar surface area (TPSA) is 130 Å². The molecule has 2 aromatic carbocycles. The quantitative estimate of drug-likeness (QED) is 0.322. The van der Waals surface area contributed by atoms with Crippen LogP contribution < -0.4 is 15.5 Å². The minimum absolute atomic E-state index is 0.116. The number of hydrogen-bond donors (Lipinski definition) is 3. The molecule has 0 radical (unpaired) electrons. The zero-order valence-electron chi connectivity index (χ0n) is 19.0. The molecular formula is C26H25N3O6. The van der Waals surface area contributed by atoms with Gasteiger partial charge in [-0.25, -0.2) is 10.2 Å². The highest BCUT2D eigenvalue weighted by atomic mass is 16.5. The third-order valence-electron chi connectivity index (χ3n) is 5.57. The second-order valence-electron chi connectivity index (χ2n) is 8.05. The Morgan fingerprint density at radius 2 is 1.80 bits per heavy atom. The van der Waals surface area contributed by atoms with Crippen molar-refractivity contribution in [3.8, 4) is 17.1 Å². The maximum absolute atomic E-state index is 12.0. The lowest BCUT2D eigenvalue weighted by molar-refractivity contribution is -0.127. The van der Waals surface area contributed by atoms with Crippen LogP contribution in [0.15, 0.2) is 64.1 Å². The second kappa shape index (κ2) is 11.1. The fourth-order valence-corrected chi connectivity index (χ4v) is 3.84. The largest absolute Gasteiger partial charge is 0.484 e. The first-order valence-electron chi connectivity index (χ1n) is 11.3. The molecule has 9 heteroatoms. The summed E-state index contributed by atoms with van der Waals surface area (Å²) >= 11 is 0. The van der Waals surface area contributed by atoms with Crippen molar-refractivity contribution in [1.82, 2.24) is 10.7 Å². The average molecular weight is 476 g/mol. The number of nitrogens with zero attached hydrogens (tertiary/aromatic N) is 1. The number of aromatic carboxylic acids is 1. The van der Waals surface area contributed by atoms with E-state index < -0.39 is 17.8 Å². The number of carboxylic acids is 1. The van der Waals surface area contributed by atoms with Crippen LogP contribution in [0.2, 0.25) is 0 Å². The normalized spacial score (nSPS) is 12.7. The second-order valence-corrected chi connectivity index (χ2v) is 8.05. The Kier molecular flexibility index (Phi) is 7.57. The Labute approximate surface area is 201 Å². The molecule has 4 rings (SSSR count). The molecule has 3 aromatic rings. The van der Waals surface area contributed by atoms with E-state index >= 15 is 0 Å². The lowest BCUT2D eigenvalue weighted by Crippen LogP contribution is -2.37. The van der Waals surface area contributed by atoms with E-state index in [1.165, 1.54) is 29.8 Å².